The van der Waals surface area contributed by atoms with E-state index >= 15 is 0 Å². The van der Waals surface area contributed by atoms with Gasteiger partial charge in [-0.3, -0.25) is 9.69 Å². The van der Waals surface area contributed by atoms with Crippen molar-refractivity contribution in [3.05, 3.63) is 29.8 Å². The molecule has 1 aromatic carbocycles. The van der Waals surface area contributed by atoms with Crippen LogP contribution in [0.3, 0.4) is 0 Å². The molecule has 10 heteroatoms. The van der Waals surface area contributed by atoms with Crippen molar-refractivity contribution < 1.29 is 13.2 Å². The smallest absolute Gasteiger partial charge is 0.243 e. The quantitative estimate of drug-likeness (QED) is 0.548. The van der Waals surface area contributed by atoms with E-state index in [4.69, 9.17) is 0 Å². The third kappa shape index (κ3) is 8.23. The fraction of sp³-hybridized carbons (Fsp3) is 0.611. The van der Waals surface area contributed by atoms with Gasteiger partial charge in [-0.05, 0) is 32.0 Å². The van der Waals surface area contributed by atoms with E-state index in [-0.39, 0.29) is 30.7 Å². The molecule has 1 aromatic rings. The van der Waals surface area contributed by atoms with Gasteiger partial charge in [0.15, 0.2) is 0 Å². The number of nitrogens with one attached hydrogen (secondary N) is 2. The molecule has 0 atom stereocenters. The van der Waals surface area contributed by atoms with Crippen molar-refractivity contribution in [2.45, 2.75) is 25.2 Å². The molecule has 1 amide bonds. The second-order valence-corrected chi connectivity index (χ2v) is 8.53. The van der Waals surface area contributed by atoms with Crippen molar-refractivity contribution in [3.63, 3.8) is 0 Å². The third-order valence-electron chi connectivity index (χ3n) is 4.41. The molecule has 7 nitrogen and oxygen atoms in total. The van der Waals surface area contributed by atoms with Crippen molar-refractivity contribution in [1.29, 1.82) is 0 Å². The van der Waals surface area contributed by atoms with Crippen LogP contribution >= 0.6 is 24.8 Å². The predicted molar refractivity (Wildman–Crippen MR) is 117 cm³/mol. The molecule has 0 aliphatic carbocycles. The minimum absolute atomic E-state index is 0. The van der Waals surface area contributed by atoms with Crippen LogP contribution in [0, 0.1) is 6.92 Å². The number of carbonyl (C=O) groups excluding carboxylic acids is 1. The molecule has 1 aliphatic rings. The number of carbonyl (C=O) groups is 1. The summed E-state index contributed by atoms with van der Waals surface area (Å²) in [6.45, 7) is 8.61. The lowest BCUT2D eigenvalue weighted by molar-refractivity contribution is -0.122. The first-order valence-electron chi connectivity index (χ1n) is 9.20. The van der Waals surface area contributed by atoms with Crippen LogP contribution in [0.25, 0.3) is 0 Å². The van der Waals surface area contributed by atoms with Crippen LogP contribution in [0.1, 0.15) is 18.9 Å². The van der Waals surface area contributed by atoms with E-state index in [0.717, 1.165) is 25.1 Å². The molecular weight excluding hydrogens is 423 g/mol. The Hall–Kier alpha value is -0.900. The normalized spacial score (nSPS) is 15.4. The summed E-state index contributed by atoms with van der Waals surface area (Å²) < 4.78 is 26.9. The molecule has 0 aromatic heterocycles. The molecule has 0 spiro atoms. The highest BCUT2D eigenvalue weighted by atomic mass is 35.5. The van der Waals surface area contributed by atoms with Gasteiger partial charge in [0.1, 0.15) is 0 Å². The monoisotopic (exact) mass is 454 g/mol. The Labute approximate surface area is 181 Å². The molecule has 28 heavy (non-hydrogen) atoms. The largest absolute Gasteiger partial charge is 0.354 e. The molecule has 2 N–H and O–H groups in total. The first kappa shape index (κ1) is 27.1. The van der Waals surface area contributed by atoms with Crippen molar-refractivity contribution in [2.75, 3.05) is 52.4 Å². The third-order valence-corrected chi connectivity index (χ3v) is 6.32. The zero-order chi connectivity index (χ0) is 19.0. The van der Waals surface area contributed by atoms with Crippen molar-refractivity contribution in [1.82, 2.24) is 19.8 Å². The second-order valence-electron chi connectivity index (χ2n) is 6.59. The van der Waals surface area contributed by atoms with Crippen molar-refractivity contribution >= 4 is 40.7 Å². The number of piperazine rings is 1. The molecule has 0 unspecified atom stereocenters. The molecule has 1 saturated heterocycles. The van der Waals surface area contributed by atoms with Crippen LogP contribution < -0.4 is 10.6 Å². The lowest BCUT2D eigenvalue weighted by atomic mass is 10.2. The molecule has 1 fully saturated rings. The van der Waals surface area contributed by atoms with E-state index < -0.39 is 10.0 Å². The predicted octanol–water partition coefficient (Wildman–Crippen LogP) is 1.26. The van der Waals surface area contributed by atoms with E-state index in [1.165, 1.54) is 4.31 Å². The van der Waals surface area contributed by atoms with E-state index in [1.54, 1.807) is 12.1 Å². The van der Waals surface area contributed by atoms with E-state index in [2.05, 4.69) is 17.6 Å². The first-order valence-corrected chi connectivity index (χ1v) is 10.6. The molecule has 1 heterocycles. The van der Waals surface area contributed by atoms with Crippen LogP contribution in [0.4, 0.5) is 0 Å². The van der Waals surface area contributed by atoms with Gasteiger partial charge < -0.3 is 10.6 Å². The van der Waals surface area contributed by atoms with Gasteiger partial charge in [-0.25, -0.2) is 8.42 Å². The maximum atomic E-state index is 12.7. The Morgan fingerprint density at radius 3 is 2.18 bits per heavy atom. The standard InChI is InChI=1S/C18H30N4O3S.2ClH/c1-3-8-19-9-10-20-18(23)15-21-11-13-22(14-12-21)26(24,25)17-6-4-16(2)5-7-17;;/h4-7,19H,3,8-15H2,1-2H3,(H,20,23);2*1H. The maximum absolute atomic E-state index is 12.7. The fourth-order valence-corrected chi connectivity index (χ4v) is 4.26. The molecular formula is C18H32Cl2N4O3S. The number of aryl methyl sites for hydroxylation is 1. The van der Waals surface area contributed by atoms with Gasteiger partial charge in [0.2, 0.25) is 15.9 Å². The van der Waals surface area contributed by atoms with Crippen molar-refractivity contribution in [3.8, 4) is 0 Å². The highest BCUT2D eigenvalue weighted by Crippen LogP contribution is 2.18. The van der Waals surface area contributed by atoms with Crippen LogP contribution in [0.2, 0.25) is 0 Å². The highest BCUT2D eigenvalue weighted by molar-refractivity contribution is 7.89. The summed E-state index contributed by atoms with van der Waals surface area (Å²) in [5.74, 6) is -0.0156. The molecule has 162 valence electrons. The Bertz CT molecular complexity index is 679. The Morgan fingerprint density at radius 2 is 1.61 bits per heavy atom. The lowest BCUT2D eigenvalue weighted by Gasteiger charge is -2.33. The van der Waals surface area contributed by atoms with E-state index in [9.17, 15) is 13.2 Å². The average Bonchev–Trinajstić information content (AvgIpc) is 2.62. The van der Waals surface area contributed by atoms with Gasteiger partial charge in [-0.2, -0.15) is 4.31 Å². The van der Waals surface area contributed by atoms with Gasteiger partial charge in [0.05, 0.1) is 11.4 Å². The number of halogens is 2. The van der Waals surface area contributed by atoms with E-state index in [0.29, 0.717) is 44.2 Å². The summed E-state index contributed by atoms with van der Waals surface area (Å²) in [6.07, 6.45) is 1.07. The van der Waals surface area contributed by atoms with Gasteiger partial charge in [0, 0.05) is 39.3 Å². The molecule has 2 rings (SSSR count). The summed E-state index contributed by atoms with van der Waals surface area (Å²) in [4.78, 5) is 14.3. The molecule has 0 radical (unpaired) electrons. The summed E-state index contributed by atoms with van der Waals surface area (Å²) >= 11 is 0. The SMILES string of the molecule is CCCNCCNC(=O)CN1CCN(S(=O)(=O)c2ccc(C)cc2)CC1.Cl.Cl. The van der Waals surface area contributed by atoms with Crippen molar-refractivity contribution in [2.24, 2.45) is 0 Å². The molecule has 0 bridgehead atoms. The minimum Gasteiger partial charge on any atom is -0.354 e. The van der Waals surface area contributed by atoms with E-state index in [1.807, 2.05) is 24.0 Å². The number of hydrogen-bond donors (Lipinski definition) is 2. The summed E-state index contributed by atoms with van der Waals surface area (Å²) in [6, 6.07) is 6.92. The zero-order valence-corrected chi connectivity index (χ0v) is 19.0. The number of sulfonamides is 1. The van der Waals surface area contributed by atoms with Gasteiger partial charge >= 0.3 is 0 Å². The zero-order valence-electron chi connectivity index (χ0n) is 16.5. The van der Waals surface area contributed by atoms with Crippen LogP contribution in [0.5, 0.6) is 0 Å². The topological polar surface area (TPSA) is 81.8 Å². The summed E-state index contributed by atoms with van der Waals surface area (Å²) in [7, 11) is -3.46. The van der Waals surface area contributed by atoms with Gasteiger partial charge in [-0.15, -0.1) is 24.8 Å². The maximum Gasteiger partial charge on any atom is 0.243 e. The average molecular weight is 455 g/mol. The number of amides is 1. The highest BCUT2D eigenvalue weighted by Gasteiger charge is 2.28. The Morgan fingerprint density at radius 1 is 1.00 bits per heavy atom. The number of rotatable bonds is 9. The van der Waals surface area contributed by atoms with Crippen LogP contribution in [-0.2, 0) is 14.8 Å². The van der Waals surface area contributed by atoms with Crippen LogP contribution in [0.15, 0.2) is 29.2 Å². The van der Waals surface area contributed by atoms with Crippen LogP contribution in [-0.4, -0.2) is 75.9 Å². The summed E-state index contributed by atoms with van der Waals surface area (Å²) in [5.41, 5.74) is 1.03. The number of hydrogen-bond acceptors (Lipinski definition) is 5. The Balaban J connectivity index is 0.00000364. The minimum atomic E-state index is -3.46. The number of benzene rings is 1. The fourth-order valence-electron chi connectivity index (χ4n) is 2.84. The van der Waals surface area contributed by atoms with Gasteiger partial charge in [-0.1, -0.05) is 24.6 Å². The summed E-state index contributed by atoms with van der Waals surface area (Å²) in [5, 5.41) is 6.12. The molecule has 0 saturated carbocycles. The lowest BCUT2D eigenvalue weighted by Crippen LogP contribution is -2.51. The van der Waals surface area contributed by atoms with Gasteiger partial charge in [0.25, 0.3) is 0 Å². The molecule has 1 aliphatic heterocycles. The second kappa shape index (κ2) is 13.3. The number of nitrogens with zero attached hydrogens (tertiary/aromatic N) is 2. The first-order chi connectivity index (χ1) is 12.4. The Kier molecular flexibility index (Phi) is 12.9.